The van der Waals surface area contributed by atoms with E-state index in [1.54, 1.807) is 0 Å². The van der Waals surface area contributed by atoms with E-state index in [4.69, 9.17) is 10.5 Å². The zero-order valence-electron chi connectivity index (χ0n) is 5.97. The predicted octanol–water partition coefficient (Wildman–Crippen LogP) is 0.760. The van der Waals surface area contributed by atoms with Crippen LogP contribution in [0.5, 0.6) is 0 Å². The van der Waals surface area contributed by atoms with Gasteiger partial charge < -0.3 is 10.5 Å². The van der Waals surface area contributed by atoms with Gasteiger partial charge in [-0.25, -0.2) is 0 Å². The SMILES string of the molecule is C[C@@H]1CC[C@@H](CN)OC1. The molecule has 0 unspecified atom stereocenters. The van der Waals surface area contributed by atoms with Crippen molar-refractivity contribution in [3.05, 3.63) is 0 Å². The summed E-state index contributed by atoms with van der Waals surface area (Å²) in [5.74, 6) is 0.743. The van der Waals surface area contributed by atoms with Crippen molar-refractivity contribution in [3.63, 3.8) is 0 Å². The summed E-state index contributed by atoms with van der Waals surface area (Å²) in [6, 6.07) is 0. The van der Waals surface area contributed by atoms with E-state index in [1.165, 1.54) is 6.42 Å². The molecule has 2 N–H and O–H groups in total. The first-order valence-electron chi connectivity index (χ1n) is 3.64. The molecule has 0 aliphatic carbocycles. The number of nitrogens with two attached hydrogens (primary N) is 1. The maximum atomic E-state index is 5.42. The molecule has 0 radical (unpaired) electrons. The van der Waals surface area contributed by atoms with Gasteiger partial charge in [0.2, 0.25) is 0 Å². The molecule has 0 aromatic carbocycles. The first-order valence-corrected chi connectivity index (χ1v) is 3.64. The second-order valence-corrected chi connectivity index (χ2v) is 2.87. The normalized spacial score (nSPS) is 36.7. The summed E-state index contributed by atoms with van der Waals surface area (Å²) >= 11 is 0. The van der Waals surface area contributed by atoms with Crippen molar-refractivity contribution in [1.29, 1.82) is 0 Å². The lowest BCUT2D eigenvalue weighted by atomic mass is 10.0. The molecule has 1 aliphatic rings. The molecule has 1 heterocycles. The first-order chi connectivity index (χ1) is 4.33. The average molecular weight is 129 g/mol. The molecule has 0 aromatic rings. The molecule has 0 amide bonds. The molecule has 0 bridgehead atoms. The van der Waals surface area contributed by atoms with Gasteiger partial charge >= 0.3 is 0 Å². The molecule has 2 nitrogen and oxygen atoms in total. The van der Waals surface area contributed by atoms with Crippen molar-refractivity contribution in [2.24, 2.45) is 11.7 Å². The highest BCUT2D eigenvalue weighted by Gasteiger charge is 2.16. The van der Waals surface area contributed by atoms with E-state index in [1.807, 2.05) is 0 Å². The Morgan fingerprint density at radius 2 is 2.33 bits per heavy atom. The lowest BCUT2D eigenvalue weighted by Crippen LogP contribution is -2.30. The first kappa shape index (κ1) is 7.03. The molecule has 9 heavy (non-hydrogen) atoms. The quantitative estimate of drug-likeness (QED) is 0.567. The van der Waals surface area contributed by atoms with E-state index in [9.17, 15) is 0 Å². The molecule has 0 saturated carbocycles. The minimum atomic E-state index is 0.348. The van der Waals surface area contributed by atoms with E-state index in [-0.39, 0.29) is 0 Å². The van der Waals surface area contributed by atoms with Crippen molar-refractivity contribution in [1.82, 2.24) is 0 Å². The van der Waals surface area contributed by atoms with Crippen LogP contribution in [0.3, 0.4) is 0 Å². The maximum absolute atomic E-state index is 5.42. The van der Waals surface area contributed by atoms with E-state index < -0.39 is 0 Å². The van der Waals surface area contributed by atoms with Gasteiger partial charge in [-0.15, -0.1) is 0 Å². The Kier molecular flexibility index (Phi) is 2.49. The summed E-state index contributed by atoms with van der Waals surface area (Å²) < 4.78 is 5.41. The number of hydrogen-bond donors (Lipinski definition) is 1. The molecule has 54 valence electrons. The number of rotatable bonds is 1. The monoisotopic (exact) mass is 129 g/mol. The average Bonchev–Trinajstić information content (AvgIpc) is 1.90. The van der Waals surface area contributed by atoms with Crippen molar-refractivity contribution < 1.29 is 4.74 Å². The van der Waals surface area contributed by atoms with E-state index in [0.29, 0.717) is 12.6 Å². The number of hydrogen-bond acceptors (Lipinski definition) is 2. The highest BCUT2D eigenvalue weighted by atomic mass is 16.5. The van der Waals surface area contributed by atoms with Crippen LogP contribution in [-0.4, -0.2) is 19.3 Å². The molecule has 0 aromatic heterocycles. The van der Waals surface area contributed by atoms with E-state index in [0.717, 1.165) is 18.9 Å². The molecular formula is C7H15NO. The molecule has 1 rings (SSSR count). The lowest BCUT2D eigenvalue weighted by Gasteiger charge is -2.25. The van der Waals surface area contributed by atoms with Gasteiger partial charge in [-0.05, 0) is 18.8 Å². The van der Waals surface area contributed by atoms with Gasteiger partial charge in [-0.3, -0.25) is 0 Å². The van der Waals surface area contributed by atoms with Gasteiger partial charge in [0.05, 0.1) is 6.10 Å². The number of ether oxygens (including phenoxy) is 1. The second-order valence-electron chi connectivity index (χ2n) is 2.87. The Labute approximate surface area is 56.4 Å². The molecule has 2 heteroatoms. The topological polar surface area (TPSA) is 35.2 Å². The maximum Gasteiger partial charge on any atom is 0.0697 e. The third-order valence-corrected chi connectivity index (χ3v) is 1.86. The van der Waals surface area contributed by atoms with Gasteiger partial charge in [0.25, 0.3) is 0 Å². The Morgan fingerprint density at radius 1 is 1.56 bits per heavy atom. The van der Waals surface area contributed by atoms with Gasteiger partial charge in [0.15, 0.2) is 0 Å². The van der Waals surface area contributed by atoms with Gasteiger partial charge in [0.1, 0.15) is 0 Å². The van der Waals surface area contributed by atoms with Crippen LogP contribution in [0.1, 0.15) is 19.8 Å². The Balaban J connectivity index is 2.18. The van der Waals surface area contributed by atoms with Crippen LogP contribution in [0.15, 0.2) is 0 Å². The van der Waals surface area contributed by atoms with Crippen molar-refractivity contribution in [3.8, 4) is 0 Å². The van der Waals surface area contributed by atoms with Crippen LogP contribution >= 0.6 is 0 Å². The molecule has 1 saturated heterocycles. The largest absolute Gasteiger partial charge is 0.377 e. The molecular weight excluding hydrogens is 114 g/mol. The van der Waals surface area contributed by atoms with E-state index in [2.05, 4.69) is 6.92 Å². The minimum absolute atomic E-state index is 0.348. The molecule has 2 atom stereocenters. The molecule has 1 aliphatic heterocycles. The van der Waals surface area contributed by atoms with Crippen molar-refractivity contribution in [2.75, 3.05) is 13.2 Å². The van der Waals surface area contributed by atoms with Crippen LogP contribution in [0.2, 0.25) is 0 Å². The van der Waals surface area contributed by atoms with Crippen LogP contribution in [0, 0.1) is 5.92 Å². The van der Waals surface area contributed by atoms with Gasteiger partial charge in [-0.2, -0.15) is 0 Å². The summed E-state index contributed by atoms with van der Waals surface area (Å²) in [6.45, 7) is 3.81. The highest BCUT2D eigenvalue weighted by Crippen LogP contribution is 2.16. The minimum Gasteiger partial charge on any atom is -0.377 e. The fraction of sp³-hybridized carbons (Fsp3) is 1.00. The van der Waals surface area contributed by atoms with Gasteiger partial charge in [0, 0.05) is 13.2 Å². The van der Waals surface area contributed by atoms with Crippen LogP contribution in [-0.2, 0) is 4.74 Å². The smallest absolute Gasteiger partial charge is 0.0697 e. The fourth-order valence-corrected chi connectivity index (χ4v) is 1.12. The highest BCUT2D eigenvalue weighted by molar-refractivity contribution is 4.67. The van der Waals surface area contributed by atoms with E-state index >= 15 is 0 Å². The van der Waals surface area contributed by atoms with Crippen LogP contribution in [0.4, 0.5) is 0 Å². The third-order valence-electron chi connectivity index (χ3n) is 1.86. The molecule has 0 spiro atoms. The molecule has 1 fully saturated rings. The Morgan fingerprint density at radius 3 is 2.78 bits per heavy atom. The van der Waals surface area contributed by atoms with Gasteiger partial charge in [-0.1, -0.05) is 6.92 Å². The summed E-state index contributed by atoms with van der Waals surface area (Å²) in [5.41, 5.74) is 5.42. The zero-order chi connectivity index (χ0) is 6.69. The summed E-state index contributed by atoms with van der Waals surface area (Å²) in [6.07, 6.45) is 2.78. The Bertz CT molecular complexity index is 77.0. The van der Waals surface area contributed by atoms with Crippen LogP contribution < -0.4 is 5.73 Å². The third kappa shape index (κ3) is 1.95. The second kappa shape index (κ2) is 3.18. The van der Waals surface area contributed by atoms with Crippen LogP contribution in [0.25, 0.3) is 0 Å². The zero-order valence-corrected chi connectivity index (χ0v) is 5.97. The standard InChI is InChI=1S/C7H15NO/c1-6-2-3-7(4-8)9-5-6/h6-7H,2-5,8H2,1H3/t6-,7+/m1/s1. The fourth-order valence-electron chi connectivity index (χ4n) is 1.12. The summed E-state index contributed by atoms with van der Waals surface area (Å²) in [4.78, 5) is 0. The summed E-state index contributed by atoms with van der Waals surface area (Å²) in [5, 5.41) is 0. The van der Waals surface area contributed by atoms with Crippen molar-refractivity contribution in [2.45, 2.75) is 25.9 Å². The van der Waals surface area contributed by atoms with Crippen molar-refractivity contribution >= 4 is 0 Å². The Hall–Kier alpha value is -0.0800. The summed E-state index contributed by atoms with van der Waals surface area (Å²) in [7, 11) is 0. The predicted molar refractivity (Wildman–Crippen MR) is 37.2 cm³/mol. The lowest BCUT2D eigenvalue weighted by molar-refractivity contribution is -0.00521.